The first-order valence-electron chi connectivity index (χ1n) is 10.4. The van der Waals surface area contributed by atoms with Crippen LogP contribution in [0.15, 0.2) is 12.2 Å². The summed E-state index contributed by atoms with van der Waals surface area (Å²) >= 11 is 0. The molecule has 6 heteroatoms. The molecule has 5 rings (SSSR count). The summed E-state index contributed by atoms with van der Waals surface area (Å²) in [6.07, 6.45) is 12.4. The van der Waals surface area contributed by atoms with Crippen molar-refractivity contribution in [1.29, 1.82) is 0 Å². The van der Waals surface area contributed by atoms with Crippen LogP contribution in [0.5, 0.6) is 0 Å². The fraction of sp³-hybridized carbons (Fsp3) is 0.714. The van der Waals surface area contributed by atoms with E-state index >= 15 is 0 Å². The van der Waals surface area contributed by atoms with Crippen LogP contribution >= 0.6 is 0 Å². The standard InChI is InChI=1S/C21H28N2O4/c24-17-15-19(26)23-14-10-6-4-2-1-3-5-9-13-22(17)18(25)16(20(23)27)21(15)11-7-8-12-21/h1-2,15-16H,3-14H2/b2-1+. The number of piperidine rings is 2. The van der Waals surface area contributed by atoms with E-state index in [0.717, 1.165) is 38.5 Å². The van der Waals surface area contributed by atoms with Gasteiger partial charge in [-0.15, -0.1) is 0 Å². The Morgan fingerprint density at radius 3 is 1.44 bits per heavy atom. The third-order valence-corrected chi connectivity index (χ3v) is 6.91. The monoisotopic (exact) mass is 372 g/mol. The minimum Gasteiger partial charge on any atom is -0.281 e. The maximum atomic E-state index is 13.3. The van der Waals surface area contributed by atoms with Crippen molar-refractivity contribution in [2.24, 2.45) is 17.3 Å². The number of imide groups is 2. The second-order valence-corrected chi connectivity index (χ2v) is 8.43. The normalized spacial score (nSPS) is 28.9. The molecule has 0 aromatic rings. The topological polar surface area (TPSA) is 74.8 Å². The molecule has 0 aromatic carbocycles. The van der Waals surface area contributed by atoms with Gasteiger partial charge in [0, 0.05) is 18.5 Å². The first kappa shape index (κ1) is 18.4. The highest BCUT2D eigenvalue weighted by Crippen LogP contribution is 2.56. The molecule has 2 saturated heterocycles. The molecular weight excluding hydrogens is 344 g/mol. The first-order chi connectivity index (χ1) is 13.1. The lowest BCUT2D eigenvalue weighted by molar-refractivity contribution is -0.186. The van der Waals surface area contributed by atoms with Crippen molar-refractivity contribution in [2.75, 3.05) is 13.1 Å². The molecule has 4 heterocycles. The van der Waals surface area contributed by atoms with Crippen LogP contribution in [-0.2, 0) is 19.2 Å². The lowest BCUT2D eigenvalue weighted by Crippen LogP contribution is -2.71. The van der Waals surface area contributed by atoms with Gasteiger partial charge >= 0.3 is 0 Å². The van der Waals surface area contributed by atoms with Gasteiger partial charge in [0.2, 0.25) is 23.6 Å². The summed E-state index contributed by atoms with van der Waals surface area (Å²) in [7, 11) is 0. The Labute approximate surface area is 159 Å². The number of carbonyl (C=O) groups is 4. The minimum atomic E-state index is -0.844. The Balaban J connectivity index is 1.73. The largest absolute Gasteiger partial charge is 0.281 e. The first-order valence-corrected chi connectivity index (χ1v) is 10.4. The van der Waals surface area contributed by atoms with Crippen molar-refractivity contribution in [1.82, 2.24) is 9.80 Å². The van der Waals surface area contributed by atoms with Gasteiger partial charge in [0.25, 0.3) is 0 Å². The van der Waals surface area contributed by atoms with E-state index in [2.05, 4.69) is 12.2 Å². The van der Waals surface area contributed by atoms with Crippen LogP contribution in [0.2, 0.25) is 0 Å². The van der Waals surface area contributed by atoms with Crippen LogP contribution in [0.4, 0.5) is 0 Å². The molecule has 0 atom stereocenters. The van der Waals surface area contributed by atoms with Crippen molar-refractivity contribution in [2.45, 2.75) is 64.2 Å². The molecule has 1 aliphatic carbocycles. The number of rotatable bonds is 0. The number of amides is 4. The van der Waals surface area contributed by atoms with Crippen molar-refractivity contribution in [3.8, 4) is 0 Å². The molecule has 1 spiro atoms. The number of fused-ring (bicyclic) bond motifs is 8. The van der Waals surface area contributed by atoms with Gasteiger partial charge in [-0.2, -0.15) is 0 Å². The van der Waals surface area contributed by atoms with Crippen LogP contribution in [0, 0.1) is 17.3 Å². The van der Waals surface area contributed by atoms with Crippen LogP contribution in [-0.4, -0.2) is 46.5 Å². The van der Waals surface area contributed by atoms with Crippen molar-refractivity contribution in [3.63, 3.8) is 0 Å². The van der Waals surface area contributed by atoms with Gasteiger partial charge in [0.05, 0.1) is 0 Å². The number of allylic oxidation sites excluding steroid dienone is 2. The molecule has 0 N–H and O–H groups in total. The summed E-state index contributed by atoms with van der Waals surface area (Å²) in [5, 5.41) is 0. The quantitative estimate of drug-likeness (QED) is 0.372. The predicted molar refractivity (Wildman–Crippen MR) is 98.2 cm³/mol. The lowest BCUT2D eigenvalue weighted by atomic mass is 9.58. The van der Waals surface area contributed by atoms with Gasteiger partial charge in [-0.3, -0.25) is 29.0 Å². The molecule has 0 radical (unpaired) electrons. The Morgan fingerprint density at radius 1 is 0.630 bits per heavy atom. The Kier molecular flexibility index (Phi) is 4.91. The molecule has 146 valence electrons. The van der Waals surface area contributed by atoms with Gasteiger partial charge in [0.15, 0.2) is 0 Å². The van der Waals surface area contributed by atoms with Crippen LogP contribution in [0.1, 0.15) is 64.2 Å². The zero-order chi connectivity index (χ0) is 19.0. The molecule has 5 aliphatic rings. The van der Waals surface area contributed by atoms with Crippen molar-refractivity contribution >= 4 is 23.6 Å². The van der Waals surface area contributed by atoms with Crippen LogP contribution < -0.4 is 0 Å². The highest BCUT2D eigenvalue weighted by Gasteiger charge is 2.68. The molecule has 27 heavy (non-hydrogen) atoms. The maximum Gasteiger partial charge on any atom is 0.242 e. The minimum absolute atomic E-state index is 0.315. The number of carbonyl (C=O) groups excluding carboxylic acids is 4. The Morgan fingerprint density at radius 2 is 1.04 bits per heavy atom. The van der Waals surface area contributed by atoms with Crippen molar-refractivity contribution in [3.05, 3.63) is 12.2 Å². The second-order valence-electron chi connectivity index (χ2n) is 8.43. The summed E-state index contributed by atoms with van der Waals surface area (Å²) in [6.45, 7) is 0.629. The second kappa shape index (κ2) is 7.21. The SMILES string of the molecule is O=C1C2C(=O)N3CCCC/C=C/CCCCN1C(=O)C(C3=O)C21CCCC1. The average Bonchev–Trinajstić information content (AvgIpc) is 3.09. The van der Waals surface area contributed by atoms with Crippen molar-refractivity contribution < 1.29 is 19.2 Å². The fourth-order valence-electron chi connectivity index (χ4n) is 5.55. The molecule has 4 amide bonds. The third kappa shape index (κ3) is 2.84. The number of hydrogen-bond donors (Lipinski definition) is 0. The van der Waals surface area contributed by atoms with E-state index in [0.29, 0.717) is 38.8 Å². The Bertz CT molecular complexity index is 608. The molecule has 4 bridgehead atoms. The van der Waals surface area contributed by atoms with E-state index in [1.165, 1.54) is 9.80 Å². The average molecular weight is 372 g/mol. The van der Waals surface area contributed by atoms with E-state index < -0.39 is 17.3 Å². The third-order valence-electron chi connectivity index (χ3n) is 6.91. The van der Waals surface area contributed by atoms with E-state index in [1.54, 1.807) is 0 Å². The molecule has 0 aromatic heterocycles. The number of nitrogens with zero attached hydrogens (tertiary/aromatic N) is 2. The molecule has 0 unspecified atom stereocenters. The highest BCUT2D eigenvalue weighted by molar-refractivity contribution is 6.22. The summed E-state index contributed by atoms with van der Waals surface area (Å²) in [6, 6.07) is 0. The lowest BCUT2D eigenvalue weighted by Gasteiger charge is -2.52. The summed E-state index contributed by atoms with van der Waals surface area (Å²) in [5.41, 5.74) is -0.759. The summed E-state index contributed by atoms with van der Waals surface area (Å²) < 4.78 is 0. The number of hydrogen-bond acceptors (Lipinski definition) is 4. The van der Waals surface area contributed by atoms with E-state index in [4.69, 9.17) is 0 Å². The van der Waals surface area contributed by atoms with Crippen LogP contribution in [0.25, 0.3) is 0 Å². The molecule has 6 nitrogen and oxygen atoms in total. The maximum absolute atomic E-state index is 13.3. The summed E-state index contributed by atoms with van der Waals surface area (Å²) in [5.74, 6) is -3.11. The van der Waals surface area contributed by atoms with E-state index in [1.807, 2.05) is 0 Å². The van der Waals surface area contributed by atoms with Gasteiger partial charge in [0.1, 0.15) is 11.8 Å². The molecule has 3 fully saturated rings. The van der Waals surface area contributed by atoms with Gasteiger partial charge in [-0.05, 0) is 51.4 Å². The predicted octanol–water partition coefficient (Wildman–Crippen LogP) is 2.43. The van der Waals surface area contributed by atoms with Gasteiger partial charge in [-0.25, -0.2) is 0 Å². The zero-order valence-electron chi connectivity index (χ0n) is 15.8. The molecule has 4 aliphatic heterocycles. The summed E-state index contributed by atoms with van der Waals surface area (Å²) in [4.78, 5) is 55.5. The Hall–Kier alpha value is -1.98. The molecular formula is C21H28N2O4. The van der Waals surface area contributed by atoms with Crippen LogP contribution in [0.3, 0.4) is 0 Å². The fourth-order valence-corrected chi connectivity index (χ4v) is 5.55. The van der Waals surface area contributed by atoms with Gasteiger partial charge in [-0.1, -0.05) is 25.0 Å². The highest BCUT2D eigenvalue weighted by atomic mass is 16.2. The smallest absolute Gasteiger partial charge is 0.242 e. The van der Waals surface area contributed by atoms with Gasteiger partial charge < -0.3 is 0 Å². The molecule has 1 saturated carbocycles. The van der Waals surface area contributed by atoms with E-state index in [-0.39, 0.29) is 23.6 Å². The zero-order valence-corrected chi connectivity index (χ0v) is 15.8. The van der Waals surface area contributed by atoms with E-state index in [9.17, 15) is 19.2 Å².